The van der Waals surface area contributed by atoms with Crippen LogP contribution in [0.2, 0.25) is 0 Å². The number of para-hydroxylation sites is 1. The van der Waals surface area contributed by atoms with Crippen LogP contribution in [0.5, 0.6) is 0 Å². The lowest BCUT2D eigenvalue weighted by atomic mass is 10.1. The monoisotopic (exact) mass is 292 g/mol. The molecule has 1 amide bonds. The first-order valence-corrected chi connectivity index (χ1v) is 7.06. The van der Waals surface area contributed by atoms with Gasteiger partial charge in [-0.3, -0.25) is 9.59 Å². The van der Waals surface area contributed by atoms with Gasteiger partial charge in [-0.2, -0.15) is 0 Å². The summed E-state index contributed by atoms with van der Waals surface area (Å²) in [4.78, 5) is 27.6. The zero-order valence-electron chi connectivity index (χ0n) is 12.4. The number of H-pyrrole nitrogens is 1. The highest BCUT2D eigenvalue weighted by Gasteiger charge is 2.20. The van der Waals surface area contributed by atoms with Gasteiger partial charge in [-0.1, -0.05) is 30.3 Å². The third-order valence-electron chi connectivity index (χ3n) is 3.89. The number of anilines is 1. The number of hydrogen-bond donors (Lipinski definition) is 2. The van der Waals surface area contributed by atoms with Gasteiger partial charge in [0.2, 0.25) is 0 Å². The summed E-state index contributed by atoms with van der Waals surface area (Å²) in [5.74, 6) is -1.17. The SMILES string of the molecule is Cc1cccc(NC(=O)C(=O)c2c[nH]c3ccccc23)c1C. The van der Waals surface area contributed by atoms with Gasteiger partial charge in [0.25, 0.3) is 11.7 Å². The van der Waals surface area contributed by atoms with Crippen molar-refractivity contribution in [1.29, 1.82) is 0 Å². The van der Waals surface area contributed by atoms with Crippen LogP contribution in [0.1, 0.15) is 21.5 Å². The number of ketones is 1. The minimum atomic E-state index is -0.626. The van der Waals surface area contributed by atoms with Gasteiger partial charge >= 0.3 is 0 Å². The molecule has 0 unspecified atom stereocenters. The minimum Gasteiger partial charge on any atom is -0.360 e. The van der Waals surface area contributed by atoms with Crippen molar-refractivity contribution in [3.8, 4) is 0 Å². The number of rotatable bonds is 3. The zero-order valence-corrected chi connectivity index (χ0v) is 12.4. The molecule has 4 heteroatoms. The van der Waals surface area contributed by atoms with Crippen molar-refractivity contribution in [2.45, 2.75) is 13.8 Å². The number of amides is 1. The number of benzene rings is 2. The molecule has 3 rings (SSSR count). The quantitative estimate of drug-likeness (QED) is 0.572. The smallest absolute Gasteiger partial charge is 0.296 e. The van der Waals surface area contributed by atoms with Crippen LogP contribution in [0, 0.1) is 13.8 Å². The second kappa shape index (κ2) is 5.48. The lowest BCUT2D eigenvalue weighted by Gasteiger charge is -2.09. The van der Waals surface area contributed by atoms with Crippen molar-refractivity contribution in [3.05, 3.63) is 65.4 Å². The number of aromatic amines is 1. The van der Waals surface area contributed by atoms with Crippen LogP contribution in [-0.4, -0.2) is 16.7 Å². The summed E-state index contributed by atoms with van der Waals surface area (Å²) in [6, 6.07) is 13.0. The molecule has 1 aromatic heterocycles. The number of hydrogen-bond acceptors (Lipinski definition) is 2. The molecular formula is C18H16N2O2. The van der Waals surface area contributed by atoms with E-state index in [1.165, 1.54) is 0 Å². The molecule has 110 valence electrons. The molecule has 0 spiro atoms. The Hall–Kier alpha value is -2.88. The van der Waals surface area contributed by atoms with E-state index in [4.69, 9.17) is 0 Å². The Morgan fingerprint density at radius 3 is 2.59 bits per heavy atom. The minimum absolute atomic E-state index is 0.387. The Balaban J connectivity index is 1.89. The van der Waals surface area contributed by atoms with Crippen molar-refractivity contribution >= 4 is 28.3 Å². The average Bonchev–Trinajstić information content (AvgIpc) is 2.95. The van der Waals surface area contributed by atoms with E-state index in [1.807, 2.05) is 50.2 Å². The number of carbonyl (C=O) groups excluding carboxylic acids is 2. The van der Waals surface area contributed by atoms with Crippen LogP contribution in [0.25, 0.3) is 10.9 Å². The van der Waals surface area contributed by atoms with Gasteiger partial charge in [-0.25, -0.2) is 0 Å². The normalized spacial score (nSPS) is 10.6. The van der Waals surface area contributed by atoms with E-state index in [0.29, 0.717) is 11.3 Å². The van der Waals surface area contributed by atoms with Crippen LogP contribution < -0.4 is 5.32 Å². The zero-order chi connectivity index (χ0) is 15.7. The van der Waals surface area contributed by atoms with E-state index < -0.39 is 11.7 Å². The number of fused-ring (bicyclic) bond motifs is 1. The Morgan fingerprint density at radius 1 is 1.00 bits per heavy atom. The lowest BCUT2D eigenvalue weighted by Crippen LogP contribution is -2.23. The molecule has 0 saturated heterocycles. The Morgan fingerprint density at radius 2 is 1.77 bits per heavy atom. The Bertz CT molecular complexity index is 878. The van der Waals surface area contributed by atoms with E-state index in [0.717, 1.165) is 22.0 Å². The molecular weight excluding hydrogens is 276 g/mol. The summed E-state index contributed by atoms with van der Waals surface area (Å²) in [6.07, 6.45) is 1.58. The molecule has 0 saturated carbocycles. The van der Waals surface area contributed by atoms with Crippen LogP contribution in [0.15, 0.2) is 48.7 Å². The van der Waals surface area contributed by atoms with Crippen molar-refractivity contribution < 1.29 is 9.59 Å². The summed E-state index contributed by atoms with van der Waals surface area (Å²) >= 11 is 0. The predicted octanol–water partition coefficient (Wildman–Crippen LogP) is 3.61. The van der Waals surface area contributed by atoms with Gasteiger partial charge in [-0.05, 0) is 37.1 Å². The van der Waals surface area contributed by atoms with Gasteiger partial charge in [0, 0.05) is 22.8 Å². The molecule has 0 fully saturated rings. The molecule has 2 N–H and O–H groups in total. The van der Waals surface area contributed by atoms with Crippen LogP contribution in [0.4, 0.5) is 5.69 Å². The topological polar surface area (TPSA) is 62.0 Å². The van der Waals surface area contributed by atoms with Crippen LogP contribution in [-0.2, 0) is 4.79 Å². The highest BCUT2D eigenvalue weighted by atomic mass is 16.2. The molecule has 2 aromatic carbocycles. The number of aromatic nitrogens is 1. The first-order valence-electron chi connectivity index (χ1n) is 7.06. The fourth-order valence-electron chi connectivity index (χ4n) is 2.45. The summed E-state index contributed by atoms with van der Waals surface area (Å²) in [5, 5.41) is 3.45. The van der Waals surface area contributed by atoms with Crippen molar-refractivity contribution in [2.75, 3.05) is 5.32 Å². The van der Waals surface area contributed by atoms with Gasteiger partial charge in [0.1, 0.15) is 0 Å². The van der Waals surface area contributed by atoms with E-state index in [1.54, 1.807) is 12.3 Å². The molecule has 0 radical (unpaired) electrons. The third-order valence-corrected chi connectivity index (χ3v) is 3.89. The number of aryl methyl sites for hydroxylation is 1. The summed E-state index contributed by atoms with van der Waals surface area (Å²) in [7, 11) is 0. The van der Waals surface area contributed by atoms with Crippen molar-refractivity contribution in [3.63, 3.8) is 0 Å². The van der Waals surface area contributed by atoms with E-state index in [9.17, 15) is 9.59 Å². The molecule has 3 aromatic rings. The lowest BCUT2D eigenvalue weighted by molar-refractivity contribution is -0.112. The first kappa shape index (κ1) is 14.1. The van der Waals surface area contributed by atoms with Gasteiger partial charge in [-0.15, -0.1) is 0 Å². The molecule has 22 heavy (non-hydrogen) atoms. The van der Waals surface area contributed by atoms with E-state index in [-0.39, 0.29) is 0 Å². The highest BCUT2D eigenvalue weighted by Crippen LogP contribution is 2.21. The van der Waals surface area contributed by atoms with Crippen LogP contribution >= 0.6 is 0 Å². The fourth-order valence-corrected chi connectivity index (χ4v) is 2.45. The molecule has 1 heterocycles. The van der Waals surface area contributed by atoms with Gasteiger partial charge in [0.15, 0.2) is 0 Å². The average molecular weight is 292 g/mol. The summed E-state index contributed by atoms with van der Waals surface area (Å²) in [5.41, 5.74) is 3.92. The maximum absolute atomic E-state index is 12.4. The molecule has 0 atom stereocenters. The van der Waals surface area contributed by atoms with Gasteiger partial charge in [0.05, 0.1) is 5.56 Å². The highest BCUT2D eigenvalue weighted by molar-refractivity contribution is 6.48. The van der Waals surface area contributed by atoms with Crippen molar-refractivity contribution in [2.24, 2.45) is 0 Å². The molecule has 0 aliphatic heterocycles. The largest absolute Gasteiger partial charge is 0.360 e. The number of Topliss-reactive ketones (excluding diaryl/α,β-unsaturated/α-hetero) is 1. The molecule has 4 nitrogen and oxygen atoms in total. The Labute approximate surface area is 128 Å². The number of nitrogens with one attached hydrogen (secondary N) is 2. The molecule has 0 aliphatic carbocycles. The third kappa shape index (κ3) is 2.39. The number of carbonyl (C=O) groups is 2. The van der Waals surface area contributed by atoms with Crippen LogP contribution in [0.3, 0.4) is 0 Å². The summed E-state index contributed by atoms with van der Waals surface area (Å²) in [6.45, 7) is 3.88. The maximum atomic E-state index is 12.4. The maximum Gasteiger partial charge on any atom is 0.296 e. The molecule has 0 bridgehead atoms. The Kier molecular flexibility index (Phi) is 3.51. The predicted molar refractivity (Wildman–Crippen MR) is 87.2 cm³/mol. The second-order valence-corrected chi connectivity index (χ2v) is 5.28. The summed E-state index contributed by atoms with van der Waals surface area (Å²) < 4.78 is 0. The second-order valence-electron chi connectivity index (χ2n) is 5.28. The van der Waals surface area contributed by atoms with Gasteiger partial charge < -0.3 is 10.3 Å². The molecule has 0 aliphatic rings. The van der Waals surface area contributed by atoms with Crippen molar-refractivity contribution in [1.82, 2.24) is 4.98 Å². The van der Waals surface area contributed by atoms with E-state index in [2.05, 4.69) is 10.3 Å². The standard InChI is InChI=1S/C18H16N2O2/c1-11-6-5-9-15(12(11)2)20-18(22)17(21)14-10-19-16-8-4-3-7-13(14)16/h3-10,19H,1-2H3,(H,20,22). The fraction of sp³-hybridized carbons (Fsp3) is 0.111. The first-order chi connectivity index (χ1) is 10.6. The van der Waals surface area contributed by atoms with E-state index >= 15 is 0 Å².